The summed E-state index contributed by atoms with van der Waals surface area (Å²) in [6, 6.07) is 2.72. The highest BCUT2D eigenvalue weighted by Crippen LogP contribution is 2.26. The zero-order valence-electron chi connectivity index (χ0n) is 8.59. The lowest BCUT2D eigenvalue weighted by Gasteiger charge is -2.17. The van der Waals surface area contributed by atoms with Crippen LogP contribution in [0, 0.1) is 17.1 Å². The van der Waals surface area contributed by atoms with E-state index in [1.54, 1.807) is 6.07 Å². The normalized spacial score (nSPS) is 13.9. The van der Waals surface area contributed by atoms with Gasteiger partial charge in [0.2, 0.25) is 5.88 Å². The first-order valence-electron chi connectivity index (χ1n) is 4.52. The van der Waals surface area contributed by atoms with Crippen molar-refractivity contribution in [3.05, 3.63) is 23.6 Å². The largest absolute Gasteiger partial charge is 0.481 e. The van der Waals surface area contributed by atoms with Gasteiger partial charge in [-0.2, -0.15) is 5.26 Å². The minimum Gasteiger partial charge on any atom is -0.481 e. The standard InChI is InChI=1S/C10H11FN2O3/c1-16-10-7(4-6(11)5-13-10)9(15)8(14)2-3-12/h4-5,8-9,14-15H,2H2,1H3. The van der Waals surface area contributed by atoms with Crippen molar-refractivity contribution in [2.45, 2.75) is 18.6 Å². The van der Waals surface area contributed by atoms with E-state index in [0.29, 0.717) is 0 Å². The number of hydrogen-bond acceptors (Lipinski definition) is 5. The van der Waals surface area contributed by atoms with Gasteiger partial charge in [-0.25, -0.2) is 9.37 Å². The van der Waals surface area contributed by atoms with Crippen molar-refractivity contribution >= 4 is 0 Å². The SMILES string of the molecule is COc1ncc(F)cc1C(O)C(O)CC#N. The molecule has 0 saturated heterocycles. The highest BCUT2D eigenvalue weighted by atomic mass is 19.1. The number of nitrogens with zero attached hydrogens (tertiary/aromatic N) is 2. The van der Waals surface area contributed by atoms with Crippen LogP contribution in [0.15, 0.2) is 12.3 Å². The number of rotatable bonds is 4. The molecule has 0 saturated carbocycles. The van der Waals surface area contributed by atoms with Crippen molar-refractivity contribution in [3.63, 3.8) is 0 Å². The second-order valence-corrected chi connectivity index (χ2v) is 3.13. The van der Waals surface area contributed by atoms with Crippen LogP contribution in [-0.4, -0.2) is 28.4 Å². The van der Waals surface area contributed by atoms with E-state index in [1.165, 1.54) is 7.11 Å². The maximum atomic E-state index is 12.9. The van der Waals surface area contributed by atoms with Crippen LogP contribution in [0.1, 0.15) is 18.1 Å². The van der Waals surface area contributed by atoms with E-state index in [9.17, 15) is 14.6 Å². The zero-order valence-corrected chi connectivity index (χ0v) is 8.59. The van der Waals surface area contributed by atoms with Crippen LogP contribution in [0.4, 0.5) is 4.39 Å². The Balaban J connectivity index is 3.01. The average Bonchev–Trinajstić information content (AvgIpc) is 2.28. The topological polar surface area (TPSA) is 86.4 Å². The highest BCUT2D eigenvalue weighted by molar-refractivity contribution is 5.29. The number of aliphatic hydroxyl groups excluding tert-OH is 2. The minimum absolute atomic E-state index is 0.0188. The van der Waals surface area contributed by atoms with Gasteiger partial charge in [0.15, 0.2) is 0 Å². The van der Waals surface area contributed by atoms with E-state index in [0.717, 1.165) is 12.3 Å². The van der Waals surface area contributed by atoms with Crippen LogP contribution in [0.25, 0.3) is 0 Å². The Kier molecular flexibility index (Phi) is 4.17. The molecule has 0 aliphatic carbocycles. The fourth-order valence-corrected chi connectivity index (χ4v) is 1.24. The molecule has 86 valence electrons. The van der Waals surface area contributed by atoms with E-state index in [1.807, 2.05) is 0 Å². The number of aliphatic hydroxyl groups is 2. The van der Waals surface area contributed by atoms with Gasteiger partial charge in [-0.1, -0.05) is 0 Å². The first kappa shape index (κ1) is 12.4. The lowest BCUT2D eigenvalue weighted by Crippen LogP contribution is -2.18. The number of ether oxygens (including phenoxy) is 1. The number of pyridine rings is 1. The molecular weight excluding hydrogens is 215 g/mol. The van der Waals surface area contributed by atoms with Crippen molar-refractivity contribution in [1.29, 1.82) is 5.26 Å². The van der Waals surface area contributed by atoms with Crippen molar-refractivity contribution < 1.29 is 19.3 Å². The van der Waals surface area contributed by atoms with E-state index in [2.05, 4.69) is 4.98 Å². The molecule has 0 aliphatic rings. The van der Waals surface area contributed by atoms with Gasteiger partial charge in [-0.15, -0.1) is 0 Å². The number of nitriles is 1. The number of halogens is 1. The Morgan fingerprint density at radius 3 is 2.88 bits per heavy atom. The van der Waals surface area contributed by atoms with Crippen LogP contribution in [-0.2, 0) is 0 Å². The van der Waals surface area contributed by atoms with Gasteiger partial charge in [-0.3, -0.25) is 0 Å². The smallest absolute Gasteiger partial charge is 0.219 e. The van der Waals surface area contributed by atoms with E-state index >= 15 is 0 Å². The molecule has 2 unspecified atom stereocenters. The van der Waals surface area contributed by atoms with Crippen molar-refractivity contribution in [3.8, 4) is 11.9 Å². The quantitative estimate of drug-likeness (QED) is 0.782. The van der Waals surface area contributed by atoms with Crippen LogP contribution in [0.3, 0.4) is 0 Å². The Hall–Kier alpha value is -1.71. The molecule has 6 heteroatoms. The molecule has 0 aliphatic heterocycles. The molecule has 0 radical (unpaired) electrons. The Morgan fingerprint density at radius 1 is 1.62 bits per heavy atom. The summed E-state index contributed by atoms with van der Waals surface area (Å²) in [7, 11) is 1.31. The molecule has 0 bridgehead atoms. The first-order valence-corrected chi connectivity index (χ1v) is 4.52. The predicted molar refractivity (Wildman–Crippen MR) is 51.9 cm³/mol. The molecule has 2 atom stereocenters. The average molecular weight is 226 g/mol. The van der Waals surface area contributed by atoms with Gasteiger partial charge >= 0.3 is 0 Å². The summed E-state index contributed by atoms with van der Waals surface area (Å²) >= 11 is 0. The molecule has 0 fully saturated rings. The zero-order chi connectivity index (χ0) is 12.1. The van der Waals surface area contributed by atoms with Crippen LogP contribution >= 0.6 is 0 Å². The summed E-state index contributed by atoms with van der Waals surface area (Å²) in [6.45, 7) is 0. The monoisotopic (exact) mass is 226 g/mol. The summed E-state index contributed by atoms with van der Waals surface area (Å²) in [5, 5.41) is 27.4. The second-order valence-electron chi connectivity index (χ2n) is 3.13. The second kappa shape index (κ2) is 5.39. The Morgan fingerprint density at radius 2 is 2.31 bits per heavy atom. The molecule has 0 amide bonds. The minimum atomic E-state index is -1.40. The lowest BCUT2D eigenvalue weighted by molar-refractivity contribution is 0.0197. The Bertz CT molecular complexity index is 406. The van der Waals surface area contributed by atoms with Gasteiger partial charge < -0.3 is 14.9 Å². The lowest BCUT2D eigenvalue weighted by atomic mass is 10.0. The van der Waals surface area contributed by atoms with E-state index in [4.69, 9.17) is 10.00 Å². The van der Waals surface area contributed by atoms with Gasteiger partial charge in [0.25, 0.3) is 0 Å². The molecule has 1 rings (SSSR count). The maximum Gasteiger partial charge on any atom is 0.219 e. The molecule has 1 heterocycles. The molecule has 0 spiro atoms. The fraction of sp³-hybridized carbons (Fsp3) is 0.400. The summed E-state index contributed by atoms with van der Waals surface area (Å²) in [6.07, 6.45) is -2.03. The molecule has 5 nitrogen and oxygen atoms in total. The molecule has 16 heavy (non-hydrogen) atoms. The molecule has 0 aromatic carbocycles. The van der Waals surface area contributed by atoms with E-state index in [-0.39, 0.29) is 17.9 Å². The van der Waals surface area contributed by atoms with E-state index < -0.39 is 18.0 Å². The Labute approximate surface area is 91.7 Å². The van der Waals surface area contributed by atoms with Crippen LogP contribution in [0.2, 0.25) is 0 Å². The fourth-order valence-electron chi connectivity index (χ4n) is 1.24. The summed E-state index contributed by atoms with van der Waals surface area (Å²) in [5.41, 5.74) is 0.0188. The molecular formula is C10H11FN2O3. The number of aromatic nitrogens is 1. The summed E-state index contributed by atoms with van der Waals surface area (Å²) < 4.78 is 17.7. The summed E-state index contributed by atoms with van der Waals surface area (Å²) in [4.78, 5) is 3.61. The first-order chi connectivity index (χ1) is 7.60. The number of hydrogen-bond donors (Lipinski definition) is 2. The molecule has 1 aromatic heterocycles. The van der Waals surface area contributed by atoms with Gasteiger partial charge in [0.1, 0.15) is 11.9 Å². The van der Waals surface area contributed by atoms with Crippen molar-refractivity contribution in [1.82, 2.24) is 4.98 Å². The summed E-state index contributed by atoms with van der Waals surface area (Å²) in [5.74, 6) is -0.634. The number of methoxy groups -OCH3 is 1. The third-order valence-electron chi connectivity index (χ3n) is 2.02. The van der Waals surface area contributed by atoms with Crippen molar-refractivity contribution in [2.24, 2.45) is 0 Å². The molecule has 1 aromatic rings. The predicted octanol–water partition coefficient (Wildman–Crippen LogP) is 0.537. The maximum absolute atomic E-state index is 12.9. The van der Waals surface area contributed by atoms with Gasteiger partial charge in [-0.05, 0) is 6.07 Å². The third kappa shape index (κ3) is 2.66. The third-order valence-corrected chi connectivity index (χ3v) is 2.02. The van der Waals surface area contributed by atoms with Crippen LogP contribution in [0.5, 0.6) is 5.88 Å². The van der Waals surface area contributed by atoms with Gasteiger partial charge in [0, 0.05) is 5.56 Å². The van der Waals surface area contributed by atoms with Gasteiger partial charge in [0.05, 0.1) is 31.9 Å². The van der Waals surface area contributed by atoms with Crippen molar-refractivity contribution in [2.75, 3.05) is 7.11 Å². The highest BCUT2D eigenvalue weighted by Gasteiger charge is 2.23. The van der Waals surface area contributed by atoms with Crippen LogP contribution < -0.4 is 4.74 Å². The molecule has 2 N–H and O–H groups in total.